The molecule has 1 aromatic rings. The average Bonchev–Trinajstić information content (AvgIpc) is 2.11. The highest BCUT2D eigenvalue weighted by Crippen LogP contribution is 2.25. The number of nitrogens with two attached hydrogens (primary N) is 1. The molecule has 0 fully saturated rings. The summed E-state index contributed by atoms with van der Waals surface area (Å²) < 4.78 is 48.5. The molecule has 9 heteroatoms. The van der Waals surface area contributed by atoms with Gasteiger partial charge in [0.2, 0.25) is 20.0 Å². The Bertz CT molecular complexity index is 669. The van der Waals surface area contributed by atoms with Gasteiger partial charge in [0, 0.05) is 10.2 Å². The Labute approximate surface area is 121 Å². The molecule has 0 heterocycles. The molecule has 1 aromatic carbocycles. The third-order valence-corrected chi connectivity index (χ3v) is 5.60. The first-order chi connectivity index (χ1) is 8.51. The van der Waals surface area contributed by atoms with Crippen molar-refractivity contribution in [1.29, 1.82) is 0 Å². The van der Waals surface area contributed by atoms with E-state index in [2.05, 4.69) is 20.7 Å². The maximum Gasteiger partial charge on any atom is 0.239 e. The minimum Gasteiger partial charge on any atom is -0.284 e. The Morgan fingerprint density at radius 1 is 1.26 bits per heavy atom. The number of benzene rings is 1. The van der Waals surface area contributed by atoms with E-state index >= 15 is 0 Å². The van der Waals surface area contributed by atoms with Gasteiger partial charge < -0.3 is 0 Å². The summed E-state index contributed by atoms with van der Waals surface area (Å²) in [5.74, 6) is -0.0219. The van der Waals surface area contributed by atoms with Crippen molar-refractivity contribution < 1.29 is 16.8 Å². The monoisotopic (exact) mass is 370 g/mol. The minimum atomic E-state index is -3.84. The Hall–Kier alpha value is -0.640. The lowest BCUT2D eigenvalue weighted by atomic mass is 10.3. The maximum atomic E-state index is 11.7. The SMILES string of the molecule is CC(C)CS(=O)(=O)Nc1ccc(S(N)(=O)=O)c(Br)c1. The first-order valence-corrected chi connectivity index (χ1v) is 9.33. The zero-order valence-electron chi connectivity index (χ0n) is 10.4. The number of hydrogen-bond acceptors (Lipinski definition) is 4. The fraction of sp³-hybridized carbons (Fsp3) is 0.400. The number of sulfonamides is 2. The summed E-state index contributed by atoms with van der Waals surface area (Å²) in [6.45, 7) is 3.58. The molecule has 0 amide bonds. The van der Waals surface area contributed by atoms with E-state index in [4.69, 9.17) is 5.14 Å². The van der Waals surface area contributed by atoms with Crippen LogP contribution >= 0.6 is 15.9 Å². The second kappa shape index (κ2) is 5.78. The molecule has 3 N–H and O–H groups in total. The van der Waals surface area contributed by atoms with E-state index in [1.54, 1.807) is 13.8 Å². The molecular formula is C10H15BrN2O4S2. The molecule has 0 unspecified atom stereocenters. The molecule has 0 saturated carbocycles. The van der Waals surface area contributed by atoms with Gasteiger partial charge in [0.1, 0.15) is 0 Å². The number of halogens is 1. The largest absolute Gasteiger partial charge is 0.284 e. The summed E-state index contributed by atoms with van der Waals surface area (Å²) in [5, 5.41) is 5.00. The van der Waals surface area contributed by atoms with Crippen LogP contribution in [0.3, 0.4) is 0 Å². The topological polar surface area (TPSA) is 106 Å². The Kier molecular flexibility index (Phi) is 4.99. The van der Waals surface area contributed by atoms with Gasteiger partial charge in [-0.1, -0.05) is 13.8 Å². The van der Waals surface area contributed by atoms with Crippen molar-refractivity contribution in [3.63, 3.8) is 0 Å². The van der Waals surface area contributed by atoms with Crippen molar-refractivity contribution in [3.8, 4) is 0 Å². The predicted octanol–water partition coefficient (Wildman–Crippen LogP) is 1.49. The van der Waals surface area contributed by atoms with Crippen molar-refractivity contribution >= 4 is 41.7 Å². The molecule has 0 aliphatic heterocycles. The van der Waals surface area contributed by atoms with Crippen LogP contribution in [0, 0.1) is 5.92 Å². The molecule has 0 atom stereocenters. The summed E-state index contributed by atoms with van der Waals surface area (Å²) in [6, 6.07) is 3.95. The van der Waals surface area contributed by atoms with Crippen LogP contribution in [0.1, 0.15) is 13.8 Å². The summed E-state index contributed by atoms with van der Waals surface area (Å²) in [7, 11) is -7.29. The number of nitrogens with one attached hydrogen (secondary N) is 1. The quantitative estimate of drug-likeness (QED) is 0.818. The first-order valence-electron chi connectivity index (χ1n) is 5.34. The number of anilines is 1. The Morgan fingerprint density at radius 3 is 2.26 bits per heavy atom. The molecule has 0 aromatic heterocycles. The lowest BCUT2D eigenvalue weighted by Gasteiger charge is -2.11. The number of rotatable bonds is 5. The molecular weight excluding hydrogens is 356 g/mol. The molecule has 6 nitrogen and oxygen atoms in total. The first kappa shape index (κ1) is 16.4. The smallest absolute Gasteiger partial charge is 0.239 e. The van der Waals surface area contributed by atoms with E-state index in [0.717, 1.165) is 0 Å². The van der Waals surface area contributed by atoms with E-state index in [0.29, 0.717) is 0 Å². The van der Waals surface area contributed by atoms with E-state index in [1.165, 1.54) is 18.2 Å². The third kappa shape index (κ3) is 5.09. The molecule has 0 aliphatic carbocycles. The second-order valence-corrected chi connectivity index (χ2v) is 8.62. The van der Waals surface area contributed by atoms with Gasteiger partial charge in [-0.3, -0.25) is 4.72 Å². The normalized spacial score (nSPS) is 12.7. The summed E-state index contributed by atoms with van der Waals surface area (Å²) in [6.07, 6.45) is 0. The van der Waals surface area contributed by atoms with Crippen molar-refractivity contribution in [2.45, 2.75) is 18.7 Å². The number of hydrogen-bond donors (Lipinski definition) is 2. The van der Waals surface area contributed by atoms with Crippen molar-refractivity contribution in [1.82, 2.24) is 0 Å². The van der Waals surface area contributed by atoms with E-state index in [9.17, 15) is 16.8 Å². The van der Waals surface area contributed by atoms with Gasteiger partial charge in [-0.05, 0) is 40.0 Å². The van der Waals surface area contributed by atoms with Crippen LogP contribution in [-0.4, -0.2) is 22.6 Å². The van der Waals surface area contributed by atoms with Crippen LogP contribution in [0.2, 0.25) is 0 Å². The van der Waals surface area contributed by atoms with Crippen molar-refractivity contribution in [2.75, 3.05) is 10.5 Å². The standard InChI is InChI=1S/C10H15BrN2O4S2/c1-7(2)6-18(14,15)13-8-3-4-10(9(11)5-8)19(12,16)17/h3-5,7,13H,6H2,1-2H3,(H2,12,16,17). The van der Waals surface area contributed by atoms with Gasteiger partial charge >= 0.3 is 0 Å². The van der Waals surface area contributed by atoms with Crippen LogP contribution in [-0.2, 0) is 20.0 Å². The van der Waals surface area contributed by atoms with Gasteiger partial charge in [0.15, 0.2) is 0 Å². The summed E-state index contributed by atoms with van der Waals surface area (Å²) in [5.41, 5.74) is 0.278. The Balaban J connectivity index is 3.04. The van der Waals surface area contributed by atoms with E-state index in [-0.39, 0.29) is 26.7 Å². The molecule has 1 rings (SSSR count). The van der Waals surface area contributed by atoms with Crippen molar-refractivity contribution in [2.24, 2.45) is 11.1 Å². The summed E-state index contributed by atoms with van der Waals surface area (Å²) >= 11 is 3.05. The van der Waals surface area contributed by atoms with Gasteiger partial charge in [-0.25, -0.2) is 22.0 Å². The highest BCUT2D eigenvalue weighted by Gasteiger charge is 2.16. The molecule has 0 radical (unpaired) electrons. The number of primary sulfonamides is 1. The van der Waals surface area contributed by atoms with Crippen LogP contribution < -0.4 is 9.86 Å². The fourth-order valence-electron chi connectivity index (χ4n) is 1.46. The lowest BCUT2D eigenvalue weighted by Crippen LogP contribution is -2.20. The van der Waals surface area contributed by atoms with Crippen LogP contribution in [0.4, 0.5) is 5.69 Å². The van der Waals surface area contributed by atoms with Crippen LogP contribution in [0.15, 0.2) is 27.6 Å². The molecule has 0 aliphatic rings. The summed E-state index contributed by atoms with van der Waals surface area (Å²) in [4.78, 5) is -0.0979. The zero-order valence-corrected chi connectivity index (χ0v) is 13.6. The third-order valence-electron chi connectivity index (χ3n) is 2.06. The Morgan fingerprint density at radius 2 is 1.84 bits per heavy atom. The highest BCUT2D eigenvalue weighted by atomic mass is 79.9. The van der Waals surface area contributed by atoms with Gasteiger partial charge in [-0.2, -0.15) is 0 Å². The van der Waals surface area contributed by atoms with E-state index < -0.39 is 20.0 Å². The predicted molar refractivity (Wildman–Crippen MR) is 77.8 cm³/mol. The van der Waals surface area contributed by atoms with Gasteiger partial charge in [0.05, 0.1) is 10.6 Å². The minimum absolute atomic E-state index is 0.00960. The van der Waals surface area contributed by atoms with Crippen molar-refractivity contribution in [3.05, 3.63) is 22.7 Å². The van der Waals surface area contributed by atoms with Gasteiger partial charge in [-0.15, -0.1) is 0 Å². The second-order valence-electron chi connectivity index (χ2n) is 4.47. The fourth-order valence-corrected chi connectivity index (χ4v) is 4.55. The van der Waals surface area contributed by atoms with E-state index in [1.807, 2.05) is 0 Å². The zero-order chi connectivity index (χ0) is 14.8. The lowest BCUT2D eigenvalue weighted by molar-refractivity contribution is 0.587. The molecule has 108 valence electrons. The maximum absolute atomic E-state index is 11.7. The van der Waals surface area contributed by atoms with Crippen LogP contribution in [0.25, 0.3) is 0 Å². The molecule has 19 heavy (non-hydrogen) atoms. The molecule has 0 bridgehead atoms. The average molecular weight is 371 g/mol. The molecule has 0 saturated heterocycles. The molecule has 0 spiro atoms. The van der Waals surface area contributed by atoms with Gasteiger partial charge in [0.25, 0.3) is 0 Å². The highest BCUT2D eigenvalue weighted by molar-refractivity contribution is 9.10. The van der Waals surface area contributed by atoms with Crippen LogP contribution in [0.5, 0.6) is 0 Å².